The van der Waals surface area contributed by atoms with Gasteiger partial charge in [-0.25, -0.2) is 4.79 Å². The minimum absolute atomic E-state index is 0.172. The van der Waals surface area contributed by atoms with Crippen LogP contribution in [0.5, 0.6) is 0 Å². The highest BCUT2D eigenvalue weighted by Gasteiger charge is 2.24. The number of nitrogens with one attached hydrogen (secondary N) is 1. The molecule has 1 atom stereocenters. The third kappa shape index (κ3) is 5.33. The molecule has 2 N–H and O–H groups in total. The summed E-state index contributed by atoms with van der Waals surface area (Å²) in [4.78, 5) is 44.2. The number of amides is 1. The van der Waals surface area contributed by atoms with E-state index in [1.54, 1.807) is 0 Å². The predicted octanol–water partition coefficient (Wildman–Crippen LogP) is 1.86. The van der Waals surface area contributed by atoms with Gasteiger partial charge in [0, 0.05) is 30.2 Å². The van der Waals surface area contributed by atoms with Crippen LogP contribution in [0, 0.1) is 20.2 Å². The van der Waals surface area contributed by atoms with Crippen LogP contribution in [-0.2, 0) is 22.4 Å². The van der Waals surface area contributed by atoms with Crippen LogP contribution in [0.25, 0.3) is 0 Å². The minimum Gasteiger partial charge on any atom is -0.480 e. The zero-order valence-electron chi connectivity index (χ0n) is 13.9. The van der Waals surface area contributed by atoms with Gasteiger partial charge in [0.1, 0.15) is 6.04 Å². The number of aliphatic carboxylic acids is 1. The number of hydrogen-bond acceptors (Lipinski definition) is 6. The van der Waals surface area contributed by atoms with E-state index in [1.807, 2.05) is 0 Å². The van der Waals surface area contributed by atoms with Crippen molar-refractivity contribution in [2.45, 2.75) is 18.9 Å². The van der Waals surface area contributed by atoms with Gasteiger partial charge in [-0.05, 0) is 5.56 Å². The molecule has 0 aromatic heterocycles. The lowest BCUT2D eigenvalue weighted by Crippen LogP contribution is -2.43. The Labute approximate surface area is 152 Å². The fourth-order valence-electron chi connectivity index (χ4n) is 2.49. The van der Waals surface area contributed by atoms with Crippen molar-refractivity contribution >= 4 is 23.3 Å². The van der Waals surface area contributed by atoms with E-state index in [9.17, 15) is 34.9 Å². The van der Waals surface area contributed by atoms with E-state index in [0.717, 1.165) is 0 Å². The lowest BCUT2D eigenvalue weighted by molar-refractivity contribution is -0.385. The average Bonchev–Trinajstić information content (AvgIpc) is 2.61. The third-order valence-corrected chi connectivity index (χ3v) is 3.73. The van der Waals surface area contributed by atoms with Gasteiger partial charge >= 0.3 is 5.97 Å². The molecule has 0 spiro atoms. The van der Waals surface area contributed by atoms with Gasteiger partial charge in [-0.15, -0.1) is 0 Å². The molecular formula is C17H15N3O7. The second-order valence-electron chi connectivity index (χ2n) is 5.65. The largest absolute Gasteiger partial charge is 0.480 e. The van der Waals surface area contributed by atoms with Crippen molar-refractivity contribution in [3.8, 4) is 0 Å². The maximum Gasteiger partial charge on any atom is 0.326 e. The van der Waals surface area contributed by atoms with Crippen molar-refractivity contribution in [1.82, 2.24) is 5.32 Å². The van der Waals surface area contributed by atoms with Gasteiger partial charge < -0.3 is 10.4 Å². The quantitative estimate of drug-likeness (QED) is 0.529. The van der Waals surface area contributed by atoms with Crippen LogP contribution in [0.1, 0.15) is 11.1 Å². The molecule has 0 aliphatic rings. The van der Waals surface area contributed by atoms with Gasteiger partial charge in [0.25, 0.3) is 11.4 Å². The fraction of sp³-hybridized carbons (Fsp3) is 0.176. The third-order valence-electron chi connectivity index (χ3n) is 3.73. The maximum atomic E-state index is 12.1. The molecule has 10 nitrogen and oxygen atoms in total. The molecule has 0 saturated heterocycles. The fourth-order valence-corrected chi connectivity index (χ4v) is 2.49. The number of benzene rings is 2. The molecule has 10 heteroatoms. The normalized spacial score (nSPS) is 11.4. The summed E-state index contributed by atoms with van der Waals surface area (Å²) in [5, 5.41) is 33.4. The van der Waals surface area contributed by atoms with E-state index in [1.165, 1.54) is 48.5 Å². The summed E-state index contributed by atoms with van der Waals surface area (Å²) >= 11 is 0. The van der Waals surface area contributed by atoms with Crippen LogP contribution < -0.4 is 5.32 Å². The standard InChI is InChI=1S/C17H15N3O7/c21-16(9-11-4-3-6-13(8-11)19(24)25)18-14(17(22)23)10-12-5-1-2-7-15(12)20(26)27/h1-8,14H,9-10H2,(H,18,21)(H,22,23)/t14-/m0/s1. The molecule has 0 unspecified atom stereocenters. The van der Waals surface area contributed by atoms with Gasteiger partial charge in [-0.3, -0.25) is 25.0 Å². The Kier molecular flexibility index (Phi) is 6.15. The number of rotatable bonds is 8. The second-order valence-corrected chi connectivity index (χ2v) is 5.65. The molecule has 0 bridgehead atoms. The number of carboxylic acids is 1. The monoisotopic (exact) mass is 373 g/mol. The number of para-hydroxylation sites is 1. The first-order chi connectivity index (χ1) is 12.8. The summed E-state index contributed by atoms with van der Waals surface area (Å²) < 4.78 is 0. The van der Waals surface area contributed by atoms with Crippen molar-refractivity contribution < 1.29 is 24.5 Å². The first kappa shape index (κ1) is 19.5. The highest BCUT2D eigenvalue weighted by Crippen LogP contribution is 2.19. The number of carbonyl (C=O) groups excluding carboxylic acids is 1. The molecule has 2 rings (SSSR count). The maximum absolute atomic E-state index is 12.1. The first-order valence-corrected chi connectivity index (χ1v) is 7.75. The van der Waals surface area contributed by atoms with Gasteiger partial charge in [0.2, 0.25) is 5.91 Å². The molecule has 0 aliphatic carbocycles. The number of nitro benzene ring substituents is 2. The van der Waals surface area contributed by atoms with Crippen molar-refractivity contribution in [3.63, 3.8) is 0 Å². The van der Waals surface area contributed by atoms with Gasteiger partial charge in [-0.2, -0.15) is 0 Å². The summed E-state index contributed by atoms with van der Waals surface area (Å²) in [6.07, 6.45) is -0.532. The van der Waals surface area contributed by atoms with E-state index in [2.05, 4.69) is 5.32 Å². The Morgan fingerprint density at radius 2 is 1.74 bits per heavy atom. The highest BCUT2D eigenvalue weighted by atomic mass is 16.6. The molecule has 1 amide bonds. The van der Waals surface area contributed by atoms with E-state index in [4.69, 9.17) is 0 Å². The molecule has 2 aromatic rings. The zero-order valence-corrected chi connectivity index (χ0v) is 13.9. The van der Waals surface area contributed by atoms with Crippen LogP contribution in [0.4, 0.5) is 11.4 Å². The van der Waals surface area contributed by atoms with Crippen LogP contribution in [0.2, 0.25) is 0 Å². The Morgan fingerprint density at radius 1 is 1.04 bits per heavy atom. The van der Waals surface area contributed by atoms with Crippen LogP contribution in [-0.4, -0.2) is 32.9 Å². The van der Waals surface area contributed by atoms with Crippen LogP contribution in [0.3, 0.4) is 0 Å². The van der Waals surface area contributed by atoms with Crippen molar-refractivity contribution in [2.24, 2.45) is 0 Å². The van der Waals surface area contributed by atoms with Crippen molar-refractivity contribution in [3.05, 3.63) is 79.9 Å². The number of non-ortho nitro benzene ring substituents is 1. The van der Waals surface area contributed by atoms with Gasteiger partial charge in [0.05, 0.1) is 16.3 Å². The van der Waals surface area contributed by atoms with Crippen LogP contribution in [0.15, 0.2) is 48.5 Å². The lowest BCUT2D eigenvalue weighted by Gasteiger charge is -2.15. The zero-order chi connectivity index (χ0) is 20.0. The van der Waals surface area contributed by atoms with Crippen molar-refractivity contribution in [1.29, 1.82) is 0 Å². The molecule has 0 radical (unpaired) electrons. The van der Waals surface area contributed by atoms with E-state index >= 15 is 0 Å². The van der Waals surface area contributed by atoms with E-state index < -0.39 is 27.8 Å². The SMILES string of the molecule is O=C(Cc1cccc([N+](=O)[O-])c1)N[C@@H](Cc1ccccc1[N+](=O)[O-])C(=O)O. The summed E-state index contributed by atoms with van der Waals surface area (Å²) in [5.74, 6) is -2.01. The highest BCUT2D eigenvalue weighted by molar-refractivity contribution is 5.85. The van der Waals surface area contributed by atoms with E-state index in [0.29, 0.717) is 5.56 Å². The summed E-state index contributed by atoms with van der Waals surface area (Å²) in [6, 6.07) is 9.70. The van der Waals surface area contributed by atoms with E-state index in [-0.39, 0.29) is 29.8 Å². The molecule has 0 heterocycles. The lowest BCUT2D eigenvalue weighted by atomic mass is 10.0. The Hall–Kier alpha value is -3.82. The first-order valence-electron chi connectivity index (χ1n) is 7.75. The minimum atomic E-state index is -1.38. The molecule has 0 saturated carbocycles. The summed E-state index contributed by atoms with van der Waals surface area (Å²) in [7, 11) is 0. The molecule has 0 fully saturated rings. The van der Waals surface area contributed by atoms with Crippen LogP contribution >= 0.6 is 0 Å². The number of nitrogens with zero attached hydrogens (tertiary/aromatic N) is 2. The Bertz CT molecular complexity index is 898. The summed E-state index contributed by atoms with van der Waals surface area (Å²) in [6.45, 7) is 0. The molecule has 0 aliphatic heterocycles. The number of nitro groups is 2. The number of carbonyl (C=O) groups is 2. The molecule has 140 valence electrons. The number of carboxylic acid groups (broad SMARTS) is 1. The Balaban J connectivity index is 2.11. The molecule has 2 aromatic carbocycles. The Morgan fingerprint density at radius 3 is 2.37 bits per heavy atom. The second kappa shape index (κ2) is 8.52. The molecular weight excluding hydrogens is 358 g/mol. The smallest absolute Gasteiger partial charge is 0.326 e. The average molecular weight is 373 g/mol. The van der Waals surface area contributed by atoms with Gasteiger partial charge in [0.15, 0.2) is 0 Å². The molecule has 27 heavy (non-hydrogen) atoms. The summed E-state index contributed by atoms with van der Waals surface area (Å²) in [5.41, 5.74) is 0.0914. The number of hydrogen-bond donors (Lipinski definition) is 2. The predicted molar refractivity (Wildman–Crippen MR) is 93.2 cm³/mol. The van der Waals surface area contributed by atoms with Gasteiger partial charge in [-0.1, -0.05) is 30.3 Å². The topological polar surface area (TPSA) is 153 Å². The van der Waals surface area contributed by atoms with Crippen molar-refractivity contribution in [2.75, 3.05) is 0 Å².